The minimum absolute atomic E-state index is 0.488. The smallest absolute Gasteiger partial charge is 0.416 e. The number of benzene rings is 1. The highest BCUT2D eigenvalue weighted by Crippen LogP contribution is 2.30. The first-order chi connectivity index (χ1) is 9.54. The molecule has 0 atom stereocenters. The van der Waals surface area contributed by atoms with Crippen LogP contribution in [0.2, 0.25) is 0 Å². The molecule has 0 amide bonds. The summed E-state index contributed by atoms with van der Waals surface area (Å²) in [6, 6.07) is 4.82. The van der Waals surface area contributed by atoms with Crippen LogP contribution in [0.3, 0.4) is 0 Å². The minimum atomic E-state index is -4.29. The van der Waals surface area contributed by atoms with Gasteiger partial charge >= 0.3 is 6.18 Å². The predicted molar refractivity (Wildman–Crippen MR) is 74.0 cm³/mol. The van der Waals surface area contributed by atoms with E-state index in [1.807, 2.05) is 0 Å². The molecule has 5 heteroatoms. The zero-order valence-corrected chi connectivity index (χ0v) is 11.8. The van der Waals surface area contributed by atoms with Crippen LogP contribution in [0.15, 0.2) is 24.3 Å². The van der Waals surface area contributed by atoms with Crippen molar-refractivity contribution in [1.82, 2.24) is 5.32 Å². The summed E-state index contributed by atoms with van der Waals surface area (Å²) in [5.41, 5.74) is -0.646. The second-order valence-corrected chi connectivity index (χ2v) is 4.68. The molecule has 114 valence electrons. The van der Waals surface area contributed by atoms with Gasteiger partial charge in [-0.2, -0.15) is 13.2 Å². The quantitative estimate of drug-likeness (QED) is 0.686. The summed E-state index contributed by atoms with van der Waals surface area (Å²) >= 11 is 0. The molecule has 2 nitrogen and oxygen atoms in total. The number of hydrogen-bond donors (Lipinski definition) is 1. The molecule has 0 heterocycles. The maximum absolute atomic E-state index is 12.4. The summed E-state index contributed by atoms with van der Waals surface area (Å²) < 4.78 is 42.5. The number of hydrogen-bond acceptors (Lipinski definition) is 2. The zero-order chi connectivity index (χ0) is 14.8. The largest absolute Gasteiger partial charge is 0.494 e. The van der Waals surface area contributed by atoms with E-state index in [4.69, 9.17) is 4.74 Å². The standard InChI is InChI=1S/C15H22F3NO/c1-2-10-19-11-4-3-5-12-20-14-8-6-13(7-9-14)15(16,17)18/h6-9,19H,2-5,10-12H2,1H3. The van der Waals surface area contributed by atoms with Gasteiger partial charge in [-0.1, -0.05) is 6.92 Å². The zero-order valence-electron chi connectivity index (χ0n) is 11.8. The molecule has 0 aliphatic rings. The minimum Gasteiger partial charge on any atom is -0.494 e. The Bertz CT molecular complexity index is 362. The summed E-state index contributed by atoms with van der Waals surface area (Å²) in [7, 11) is 0. The predicted octanol–water partition coefficient (Wildman–Crippen LogP) is 4.25. The second kappa shape index (κ2) is 8.84. The third-order valence-corrected chi connectivity index (χ3v) is 2.88. The van der Waals surface area contributed by atoms with E-state index in [1.165, 1.54) is 12.1 Å². The van der Waals surface area contributed by atoms with Crippen LogP contribution in [0.5, 0.6) is 5.75 Å². The summed E-state index contributed by atoms with van der Waals surface area (Å²) in [6.45, 7) is 4.72. The molecule has 0 fully saturated rings. The van der Waals surface area contributed by atoms with Crippen LogP contribution in [0, 0.1) is 0 Å². The average Bonchev–Trinajstić information content (AvgIpc) is 2.41. The van der Waals surface area contributed by atoms with Crippen molar-refractivity contribution in [3.05, 3.63) is 29.8 Å². The molecule has 0 bridgehead atoms. The van der Waals surface area contributed by atoms with E-state index in [0.29, 0.717) is 12.4 Å². The lowest BCUT2D eigenvalue weighted by atomic mass is 10.2. The molecule has 0 aromatic heterocycles. The lowest BCUT2D eigenvalue weighted by molar-refractivity contribution is -0.137. The Balaban J connectivity index is 2.13. The molecule has 0 unspecified atom stereocenters. The third-order valence-electron chi connectivity index (χ3n) is 2.88. The number of unbranched alkanes of at least 4 members (excludes halogenated alkanes) is 2. The highest BCUT2D eigenvalue weighted by atomic mass is 19.4. The first kappa shape index (κ1) is 16.8. The Morgan fingerprint density at radius 2 is 1.70 bits per heavy atom. The Morgan fingerprint density at radius 1 is 1.00 bits per heavy atom. The molecule has 1 aromatic carbocycles. The van der Waals surface area contributed by atoms with Gasteiger partial charge in [0.15, 0.2) is 0 Å². The van der Waals surface area contributed by atoms with E-state index in [2.05, 4.69) is 12.2 Å². The SMILES string of the molecule is CCCNCCCCCOc1ccc(C(F)(F)F)cc1. The van der Waals surface area contributed by atoms with Gasteiger partial charge in [0.2, 0.25) is 0 Å². The fraction of sp³-hybridized carbons (Fsp3) is 0.600. The van der Waals surface area contributed by atoms with Crippen molar-refractivity contribution >= 4 is 0 Å². The van der Waals surface area contributed by atoms with Crippen molar-refractivity contribution in [2.24, 2.45) is 0 Å². The number of alkyl halides is 3. The van der Waals surface area contributed by atoms with Gasteiger partial charge in [-0.05, 0) is 63.0 Å². The second-order valence-electron chi connectivity index (χ2n) is 4.68. The topological polar surface area (TPSA) is 21.3 Å². The fourth-order valence-electron chi connectivity index (χ4n) is 1.76. The molecule has 0 radical (unpaired) electrons. The van der Waals surface area contributed by atoms with Crippen LogP contribution in [-0.2, 0) is 6.18 Å². The van der Waals surface area contributed by atoms with Crippen molar-refractivity contribution in [2.45, 2.75) is 38.8 Å². The molecule has 0 spiro atoms. The van der Waals surface area contributed by atoms with Crippen molar-refractivity contribution in [3.8, 4) is 5.75 Å². The van der Waals surface area contributed by atoms with Gasteiger partial charge in [0, 0.05) is 0 Å². The number of halogens is 3. The van der Waals surface area contributed by atoms with Crippen LogP contribution in [0.4, 0.5) is 13.2 Å². The summed E-state index contributed by atoms with van der Waals surface area (Å²) in [6.07, 6.45) is -0.0937. The van der Waals surface area contributed by atoms with E-state index in [1.54, 1.807) is 0 Å². The molecule has 1 aromatic rings. The molecule has 1 N–H and O–H groups in total. The lowest BCUT2D eigenvalue weighted by Crippen LogP contribution is -2.15. The Hall–Kier alpha value is -1.23. The van der Waals surface area contributed by atoms with Gasteiger partial charge in [-0.15, -0.1) is 0 Å². The van der Waals surface area contributed by atoms with Gasteiger partial charge in [0.1, 0.15) is 5.75 Å². The highest BCUT2D eigenvalue weighted by molar-refractivity contribution is 5.28. The highest BCUT2D eigenvalue weighted by Gasteiger charge is 2.29. The van der Waals surface area contributed by atoms with E-state index in [0.717, 1.165) is 50.9 Å². The van der Waals surface area contributed by atoms with E-state index in [-0.39, 0.29) is 0 Å². The molecule has 20 heavy (non-hydrogen) atoms. The maximum atomic E-state index is 12.4. The van der Waals surface area contributed by atoms with Crippen LogP contribution in [0.25, 0.3) is 0 Å². The fourth-order valence-corrected chi connectivity index (χ4v) is 1.76. The summed E-state index contributed by atoms with van der Waals surface area (Å²) in [5.74, 6) is 0.488. The Morgan fingerprint density at radius 3 is 2.30 bits per heavy atom. The number of nitrogens with one attached hydrogen (secondary N) is 1. The molecule has 0 aliphatic heterocycles. The van der Waals surface area contributed by atoms with E-state index < -0.39 is 11.7 Å². The van der Waals surface area contributed by atoms with Gasteiger partial charge < -0.3 is 10.1 Å². The van der Waals surface area contributed by atoms with E-state index >= 15 is 0 Å². The number of rotatable bonds is 9. The Kier molecular flexibility index (Phi) is 7.44. The summed E-state index contributed by atoms with van der Waals surface area (Å²) in [4.78, 5) is 0. The maximum Gasteiger partial charge on any atom is 0.416 e. The van der Waals surface area contributed by atoms with Crippen LogP contribution in [0.1, 0.15) is 38.2 Å². The molecule has 0 aliphatic carbocycles. The monoisotopic (exact) mass is 289 g/mol. The van der Waals surface area contributed by atoms with Gasteiger partial charge in [-0.25, -0.2) is 0 Å². The average molecular weight is 289 g/mol. The molecular formula is C15H22F3NO. The van der Waals surface area contributed by atoms with E-state index in [9.17, 15) is 13.2 Å². The third kappa shape index (κ3) is 6.80. The normalized spacial score (nSPS) is 11.6. The van der Waals surface area contributed by atoms with Crippen LogP contribution < -0.4 is 10.1 Å². The lowest BCUT2D eigenvalue weighted by Gasteiger charge is -2.09. The van der Waals surface area contributed by atoms with Crippen LogP contribution in [-0.4, -0.2) is 19.7 Å². The van der Waals surface area contributed by atoms with Gasteiger partial charge in [0.05, 0.1) is 12.2 Å². The number of ether oxygens (including phenoxy) is 1. The first-order valence-corrected chi connectivity index (χ1v) is 7.05. The molecular weight excluding hydrogens is 267 g/mol. The Labute approximate surface area is 118 Å². The van der Waals surface area contributed by atoms with Crippen molar-refractivity contribution in [3.63, 3.8) is 0 Å². The molecule has 0 saturated heterocycles. The molecule has 1 rings (SSSR count). The van der Waals surface area contributed by atoms with Crippen molar-refractivity contribution in [2.75, 3.05) is 19.7 Å². The molecule has 0 saturated carbocycles. The van der Waals surface area contributed by atoms with Gasteiger partial charge in [-0.3, -0.25) is 0 Å². The van der Waals surface area contributed by atoms with Gasteiger partial charge in [0.25, 0.3) is 0 Å². The van der Waals surface area contributed by atoms with Crippen molar-refractivity contribution < 1.29 is 17.9 Å². The summed E-state index contributed by atoms with van der Waals surface area (Å²) in [5, 5.41) is 3.32. The first-order valence-electron chi connectivity index (χ1n) is 7.05. The van der Waals surface area contributed by atoms with Crippen LogP contribution >= 0.6 is 0 Å². The van der Waals surface area contributed by atoms with Crippen molar-refractivity contribution in [1.29, 1.82) is 0 Å².